The number of nitrogens with two attached hydrogens (primary N) is 1. The molecule has 0 atom stereocenters. The van der Waals surface area contributed by atoms with Crippen LogP contribution in [-0.4, -0.2) is 43.8 Å². The van der Waals surface area contributed by atoms with Crippen LogP contribution in [0.2, 0.25) is 0 Å². The molecule has 1 saturated heterocycles. The van der Waals surface area contributed by atoms with Gasteiger partial charge >= 0.3 is 0 Å². The van der Waals surface area contributed by atoms with E-state index in [0.29, 0.717) is 18.5 Å². The lowest BCUT2D eigenvalue weighted by atomic mass is 10.1. The van der Waals surface area contributed by atoms with Crippen molar-refractivity contribution in [3.05, 3.63) is 53.9 Å². The van der Waals surface area contributed by atoms with Crippen LogP contribution in [-0.2, 0) is 16.4 Å². The van der Waals surface area contributed by atoms with E-state index in [1.165, 1.54) is 12.1 Å². The number of hydrogen-bond acceptors (Lipinski definition) is 5. The van der Waals surface area contributed by atoms with Crippen molar-refractivity contribution in [2.24, 2.45) is 5.14 Å². The molecule has 0 bridgehead atoms. The average Bonchev–Trinajstić information content (AvgIpc) is 3.16. The number of sulfonamides is 1. The smallest absolute Gasteiger partial charge is 0.255 e. The highest BCUT2D eigenvalue weighted by Gasteiger charge is 2.19. The molecule has 2 aromatic rings. The van der Waals surface area contributed by atoms with Crippen molar-refractivity contribution in [2.75, 3.05) is 25.0 Å². The van der Waals surface area contributed by atoms with Gasteiger partial charge in [-0.3, -0.25) is 9.78 Å². The number of hydrogen-bond donors (Lipinski definition) is 2. The van der Waals surface area contributed by atoms with E-state index in [1.54, 1.807) is 24.5 Å². The van der Waals surface area contributed by atoms with Crippen molar-refractivity contribution in [1.82, 2.24) is 9.88 Å². The fraction of sp³-hybridized carbons (Fsp3) is 0.333. The van der Waals surface area contributed by atoms with Crippen LogP contribution in [0.15, 0.2) is 47.6 Å². The van der Waals surface area contributed by atoms with Gasteiger partial charge in [0, 0.05) is 32.0 Å². The van der Waals surface area contributed by atoms with Crippen LogP contribution in [0.3, 0.4) is 0 Å². The first-order valence-electron chi connectivity index (χ1n) is 8.53. The summed E-state index contributed by atoms with van der Waals surface area (Å²) in [4.78, 5) is 18.5. The SMILES string of the molecule is NS(=O)(=O)c1ccc(CCNc2cncc(C(=O)N3CCCC3)c2)cc1. The van der Waals surface area contributed by atoms with Gasteiger partial charge in [0.15, 0.2) is 0 Å². The second kappa shape index (κ2) is 7.84. The second-order valence-corrected chi connectivity index (χ2v) is 7.89. The summed E-state index contributed by atoms with van der Waals surface area (Å²) in [6, 6.07) is 8.31. The second-order valence-electron chi connectivity index (χ2n) is 6.33. The number of carbonyl (C=O) groups excluding carboxylic acids is 1. The first kappa shape index (κ1) is 18.3. The molecule has 1 aromatic heterocycles. The van der Waals surface area contributed by atoms with Gasteiger partial charge in [-0.2, -0.15) is 0 Å². The van der Waals surface area contributed by atoms with E-state index in [2.05, 4.69) is 10.3 Å². The maximum atomic E-state index is 12.4. The Bertz CT molecular complexity index is 876. The molecule has 0 saturated carbocycles. The highest BCUT2D eigenvalue weighted by Crippen LogP contribution is 2.15. The predicted octanol–water partition coefficient (Wildman–Crippen LogP) is 1.62. The lowest BCUT2D eigenvalue weighted by Crippen LogP contribution is -2.27. The van der Waals surface area contributed by atoms with Gasteiger partial charge in [0.2, 0.25) is 10.0 Å². The summed E-state index contributed by atoms with van der Waals surface area (Å²) in [6.07, 6.45) is 6.10. The molecule has 0 aliphatic carbocycles. The van der Waals surface area contributed by atoms with E-state index in [1.807, 2.05) is 11.0 Å². The van der Waals surface area contributed by atoms with Gasteiger partial charge in [0.25, 0.3) is 5.91 Å². The Morgan fingerprint density at radius 1 is 1.15 bits per heavy atom. The molecule has 0 unspecified atom stereocenters. The molecule has 1 aromatic carbocycles. The Kier molecular flexibility index (Phi) is 5.53. The van der Waals surface area contributed by atoms with Gasteiger partial charge in [0.05, 0.1) is 16.1 Å². The number of pyridine rings is 1. The highest BCUT2D eigenvalue weighted by atomic mass is 32.2. The molecule has 138 valence electrons. The third kappa shape index (κ3) is 4.59. The first-order chi connectivity index (χ1) is 12.4. The minimum atomic E-state index is -3.66. The van der Waals surface area contributed by atoms with E-state index in [9.17, 15) is 13.2 Å². The van der Waals surface area contributed by atoms with E-state index < -0.39 is 10.0 Å². The summed E-state index contributed by atoms with van der Waals surface area (Å²) in [6.45, 7) is 2.26. The summed E-state index contributed by atoms with van der Waals surface area (Å²) in [7, 11) is -3.66. The molecule has 1 fully saturated rings. The number of anilines is 1. The molecule has 3 N–H and O–H groups in total. The zero-order valence-electron chi connectivity index (χ0n) is 14.4. The first-order valence-corrected chi connectivity index (χ1v) is 10.1. The molecule has 1 amide bonds. The largest absolute Gasteiger partial charge is 0.383 e. The molecule has 1 aliphatic heterocycles. The number of amides is 1. The summed E-state index contributed by atoms with van der Waals surface area (Å²) in [5.41, 5.74) is 2.37. The van der Waals surface area contributed by atoms with Crippen LogP contribution >= 0.6 is 0 Å². The van der Waals surface area contributed by atoms with Gasteiger partial charge in [0.1, 0.15) is 0 Å². The number of nitrogens with zero attached hydrogens (tertiary/aromatic N) is 2. The van der Waals surface area contributed by atoms with Crippen molar-refractivity contribution in [3.63, 3.8) is 0 Å². The molecule has 0 radical (unpaired) electrons. The van der Waals surface area contributed by atoms with E-state index in [4.69, 9.17) is 5.14 Å². The molecular weight excluding hydrogens is 352 g/mol. The van der Waals surface area contributed by atoms with Crippen molar-refractivity contribution in [1.29, 1.82) is 0 Å². The third-order valence-corrected chi connectivity index (χ3v) is 5.30. The van der Waals surface area contributed by atoms with Gasteiger partial charge < -0.3 is 10.2 Å². The van der Waals surface area contributed by atoms with E-state index in [-0.39, 0.29) is 10.8 Å². The standard InChI is InChI=1S/C18H22N4O3S/c19-26(24,25)17-5-3-14(4-6-17)7-8-21-16-11-15(12-20-13-16)18(23)22-9-1-2-10-22/h3-6,11-13,21H,1-2,7-10H2,(H2,19,24,25). The normalized spacial score (nSPS) is 14.4. The van der Waals surface area contributed by atoms with Gasteiger partial charge in [-0.25, -0.2) is 13.6 Å². The van der Waals surface area contributed by atoms with Crippen molar-refractivity contribution >= 4 is 21.6 Å². The summed E-state index contributed by atoms with van der Waals surface area (Å²) < 4.78 is 22.5. The maximum absolute atomic E-state index is 12.4. The van der Waals surface area contributed by atoms with E-state index >= 15 is 0 Å². The number of nitrogens with one attached hydrogen (secondary N) is 1. The number of aromatic nitrogens is 1. The third-order valence-electron chi connectivity index (χ3n) is 4.37. The zero-order chi connectivity index (χ0) is 18.6. The fourth-order valence-corrected chi connectivity index (χ4v) is 3.47. The molecular formula is C18H22N4O3S. The van der Waals surface area contributed by atoms with Gasteiger partial charge in [-0.1, -0.05) is 12.1 Å². The number of carbonyl (C=O) groups is 1. The quantitative estimate of drug-likeness (QED) is 0.799. The summed E-state index contributed by atoms with van der Waals surface area (Å²) in [5, 5.41) is 8.34. The monoisotopic (exact) mass is 374 g/mol. The Hall–Kier alpha value is -2.45. The topological polar surface area (TPSA) is 105 Å². The van der Waals surface area contributed by atoms with Crippen LogP contribution < -0.4 is 10.5 Å². The molecule has 26 heavy (non-hydrogen) atoms. The molecule has 7 nitrogen and oxygen atoms in total. The number of likely N-dealkylation sites (tertiary alicyclic amines) is 1. The predicted molar refractivity (Wildman–Crippen MR) is 99.4 cm³/mol. The minimum Gasteiger partial charge on any atom is -0.383 e. The molecule has 0 spiro atoms. The van der Waals surface area contributed by atoms with E-state index in [0.717, 1.165) is 37.2 Å². The summed E-state index contributed by atoms with van der Waals surface area (Å²) in [5.74, 6) is 0.0252. The lowest BCUT2D eigenvalue weighted by molar-refractivity contribution is 0.0792. The minimum absolute atomic E-state index is 0.0252. The molecule has 3 rings (SSSR count). The Balaban J connectivity index is 1.56. The van der Waals surface area contributed by atoms with Crippen LogP contribution in [0.25, 0.3) is 0 Å². The van der Waals surface area contributed by atoms with Gasteiger partial charge in [-0.05, 0) is 43.0 Å². The van der Waals surface area contributed by atoms with Crippen LogP contribution in [0.5, 0.6) is 0 Å². The summed E-state index contributed by atoms with van der Waals surface area (Å²) >= 11 is 0. The van der Waals surface area contributed by atoms with Gasteiger partial charge in [-0.15, -0.1) is 0 Å². The average molecular weight is 374 g/mol. The fourth-order valence-electron chi connectivity index (χ4n) is 2.95. The van der Waals surface area contributed by atoms with Crippen LogP contribution in [0.1, 0.15) is 28.8 Å². The Morgan fingerprint density at radius 2 is 1.85 bits per heavy atom. The molecule has 8 heteroatoms. The van der Waals surface area contributed by atoms with Crippen LogP contribution in [0.4, 0.5) is 5.69 Å². The molecule has 1 aliphatic rings. The molecule has 2 heterocycles. The van der Waals surface area contributed by atoms with Crippen molar-refractivity contribution in [3.8, 4) is 0 Å². The lowest BCUT2D eigenvalue weighted by Gasteiger charge is -2.15. The zero-order valence-corrected chi connectivity index (χ0v) is 15.2. The Morgan fingerprint density at radius 3 is 2.50 bits per heavy atom. The number of primary sulfonamides is 1. The van der Waals surface area contributed by atoms with Crippen LogP contribution in [0, 0.1) is 0 Å². The maximum Gasteiger partial charge on any atom is 0.255 e. The Labute approximate surface area is 153 Å². The number of benzene rings is 1. The number of rotatable bonds is 6. The van der Waals surface area contributed by atoms with Crippen molar-refractivity contribution in [2.45, 2.75) is 24.2 Å². The van der Waals surface area contributed by atoms with Crippen molar-refractivity contribution < 1.29 is 13.2 Å². The highest BCUT2D eigenvalue weighted by molar-refractivity contribution is 7.89.